The molecule has 2 aromatic rings. The Morgan fingerprint density at radius 2 is 1.79 bits per heavy atom. The van der Waals surface area contributed by atoms with E-state index in [9.17, 15) is 13.2 Å². The van der Waals surface area contributed by atoms with E-state index in [1.54, 1.807) is 12.1 Å². The molecule has 0 radical (unpaired) electrons. The molecule has 2 N–H and O–H groups in total. The molecule has 6 nitrogen and oxygen atoms in total. The largest absolute Gasteiger partial charge is 0.334 e. The van der Waals surface area contributed by atoms with Crippen molar-refractivity contribution in [3.8, 4) is 0 Å². The van der Waals surface area contributed by atoms with E-state index in [1.165, 1.54) is 17.7 Å². The second-order valence-corrected chi connectivity index (χ2v) is 12.3. The van der Waals surface area contributed by atoms with Gasteiger partial charge in [0.25, 0.3) is 0 Å². The number of piperidine rings is 1. The minimum atomic E-state index is -3.34. The van der Waals surface area contributed by atoms with Crippen LogP contribution in [0, 0.1) is 11.8 Å². The lowest BCUT2D eigenvalue weighted by atomic mass is 9.89. The fourth-order valence-electron chi connectivity index (χ4n) is 4.21. The third kappa shape index (κ3) is 7.87. The Hall–Kier alpha value is -1.80. The average molecular weight is 527 g/mol. The highest BCUT2D eigenvalue weighted by Gasteiger charge is 2.24. The molecule has 2 aromatic carbocycles. The first-order valence-electron chi connectivity index (χ1n) is 11.5. The highest BCUT2D eigenvalue weighted by atomic mass is 35.5. The number of hydrogen-bond acceptors (Lipinski definition) is 4. The summed E-state index contributed by atoms with van der Waals surface area (Å²) in [4.78, 5) is 15.2. The molecule has 1 atom stereocenters. The van der Waals surface area contributed by atoms with Crippen molar-refractivity contribution in [3.63, 3.8) is 0 Å². The number of amides is 2. The summed E-state index contributed by atoms with van der Waals surface area (Å²) in [5, 5.41) is 7.02. The first-order valence-corrected chi connectivity index (χ1v) is 14.2. The maximum absolute atomic E-state index is 12.6. The van der Waals surface area contributed by atoms with Crippen molar-refractivity contribution in [2.24, 2.45) is 11.8 Å². The molecule has 0 spiro atoms. The number of nitrogens with zero attached hydrogens (tertiary/aromatic N) is 1. The van der Waals surface area contributed by atoms with Crippen molar-refractivity contribution in [2.75, 3.05) is 31.2 Å². The highest BCUT2D eigenvalue weighted by Crippen LogP contribution is 2.27. The molecular formula is C25H33Cl2N3O3S. The summed E-state index contributed by atoms with van der Waals surface area (Å²) in [5.74, 6) is 0.853. The van der Waals surface area contributed by atoms with Gasteiger partial charge in [-0.3, -0.25) is 0 Å². The van der Waals surface area contributed by atoms with Crippen molar-refractivity contribution >= 4 is 44.8 Å². The summed E-state index contributed by atoms with van der Waals surface area (Å²) in [5.41, 5.74) is 1.66. The fourth-order valence-corrected chi connectivity index (χ4v) is 5.20. The lowest BCUT2D eigenvalue weighted by molar-refractivity contribution is 0.157. The number of sulfone groups is 1. The van der Waals surface area contributed by atoms with E-state index in [-0.39, 0.29) is 22.9 Å². The first-order chi connectivity index (χ1) is 16.0. The van der Waals surface area contributed by atoms with E-state index in [0.29, 0.717) is 21.7 Å². The van der Waals surface area contributed by atoms with Gasteiger partial charge in [-0.25, -0.2) is 13.2 Å². The number of urea groups is 1. The molecule has 0 bridgehead atoms. The molecule has 0 aliphatic carbocycles. The number of nitrogens with one attached hydrogen (secondary N) is 2. The monoisotopic (exact) mass is 525 g/mol. The molecule has 3 rings (SSSR count). The van der Waals surface area contributed by atoms with Crippen LogP contribution < -0.4 is 10.6 Å². The molecule has 2 amide bonds. The average Bonchev–Trinajstić information content (AvgIpc) is 2.76. The summed E-state index contributed by atoms with van der Waals surface area (Å²) < 4.78 is 23.5. The number of hydrogen-bond donors (Lipinski definition) is 2. The van der Waals surface area contributed by atoms with Gasteiger partial charge >= 0.3 is 6.03 Å². The molecule has 1 aliphatic rings. The highest BCUT2D eigenvalue weighted by molar-refractivity contribution is 7.90. The molecule has 1 heterocycles. The maximum atomic E-state index is 12.6. The number of rotatable bonds is 8. The van der Waals surface area contributed by atoms with Crippen molar-refractivity contribution in [2.45, 2.75) is 44.0 Å². The molecule has 34 heavy (non-hydrogen) atoms. The van der Waals surface area contributed by atoms with E-state index in [1.807, 2.05) is 18.2 Å². The van der Waals surface area contributed by atoms with Gasteiger partial charge in [0, 0.05) is 24.5 Å². The van der Waals surface area contributed by atoms with Crippen LogP contribution in [0.4, 0.5) is 10.5 Å². The second kappa shape index (κ2) is 11.8. The maximum Gasteiger partial charge on any atom is 0.319 e. The summed E-state index contributed by atoms with van der Waals surface area (Å²) in [6.07, 6.45) is 4.32. The number of anilines is 1. The second-order valence-electron chi connectivity index (χ2n) is 9.45. The van der Waals surface area contributed by atoms with Crippen LogP contribution in [0.15, 0.2) is 47.4 Å². The van der Waals surface area contributed by atoms with Crippen molar-refractivity contribution in [1.82, 2.24) is 10.2 Å². The number of likely N-dealkylation sites (tertiary alicyclic amines) is 1. The lowest BCUT2D eigenvalue weighted by Crippen LogP contribution is -2.49. The van der Waals surface area contributed by atoms with Crippen LogP contribution in [0.2, 0.25) is 10.0 Å². The van der Waals surface area contributed by atoms with Gasteiger partial charge < -0.3 is 15.5 Å². The third-order valence-corrected chi connectivity index (χ3v) is 8.16. The molecule has 186 valence electrons. The molecular weight excluding hydrogens is 493 g/mol. The summed E-state index contributed by atoms with van der Waals surface area (Å²) in [6.45, 7) is 6.91. The van der Waals surface area contributed by atoms with Crippen LogP contribution in [0.3, 0.4) is 0 Å². The Morgan fingerprint density at radius 3 is 2.41 bits per heavy atom. The smallest absolute Gasteiger partial charge is 0.319 e. The summed E-state index contributed by atoms with van der Waals surface area (Å²) in [7, 11) is -3.34. The van der Waals surface area contributed by atoms with Crippen molar-refractivity contribution < 1.29 is 13.2 Å². The third-order valence-electron chi connectivity index (χ3n) is 6.31. The van der Waals surface area contributed by atoms with Crippen LogP contribution >= 0.6 is 23.2 Å². The molecule has 0 saturated carbocycles. The predicted octanol–water partition coefficient (Wildman–Crippen LogP) is 5.50. The van der Waals surface area contributed by atoms with Gasteiger partial charge in [-0.2, -0.15) is 0 Å². The summed E-state index contributed by atoms with van der Waals surface area (Å²) in [6, 6.07) is 11.8. The van der Waals surface area contributed by atoms with Crippen LogP contribution in [0.25, 0.3) is 0 Å². The topological polar surface area (TPSA) is 78.5 Å². The molecule has 9 heteroatoms. The minimum Gasteiger partial charge on any atom is -0.334 e. The minimum absolute atomic E-state index is 0.0234. The Bertz CT molecular complexity index is 1100. The Labute approximate surface area is 212 Å². The molecule has 1 saturated heterocycles. The van der Waals surface area contributed by atoms with E-state index < -0.39 is 9.84 Å². The van der Waals surface area contributed by atoms with E-state index >= 15 is 0 Å². The zero-order chi connectivity index (χ0) is 24.9. The quantitative estimate of drug-likeness (QED) is 0.476. The van der Waals surface area contributed by atoms with Crippen LogP contribution in [0.5, 0.6) is 0 Å². The van der Waals surface area contributed by atoms with Gasteiger partial charge in [0.2, 0.25) is 0 Å². The fraction of sp³-hybridized carbons (Fsp3) is 0.480. The van der Waals surface area contributed by atoms with Gasteiger partial charge in [0.05, 0.1) is 14.9 Å². The standard InChI is InChI=1S/C25H33Cl2N3O3S/c1-17(2)24(29-25(31)28-20-5-4-6-21(15-20)34(3,32)33)16-30-11-9-18(10-12-30)13-19-7-8-22(26)23(27)14-19/h4-8,14-15,17-18,24H,9-13,16H2,1-3H3,(H2,28,29,31)/t24-/m1/s1. The Kier molecular flexibility index (Phi) is 9.27. The Morgan fingerprint density at radius 1 is 1.09 bits per heavy atom. The SMILES string of the molecule is CC(C)[C@@H](CN1CCC(Cc2ccc(Cl)c(Cl)c2)CC1)NC(=O)Nc1cccc(S(C)(=O)=O)c1. The molecule has 1 fully saturated rings. The molecule has 0 unspecified atom stereocenters. The Balaban J connectivity index is 1.50. The predicted molar refractivity (Wildman–Crippen MR) is 140 cm³/mol. The van der Waals surface area contributed by atoms with E-state index in [2.05, 4.69) is 29.4 Å². The van der Waals surface area contributed by atoms with Gasteiger partial charge in [-0.15, -0.1) is 0 Å². The van der Waals surface area contributed by atoms with E-state index in [4.69, 9.17) is 23.2 Å². The number of carbonyl (C=O) groups is 1. The van der Waals surface area contributed by atoms with Crippen molar-refractivity contribution in [1.29, 1.82) is 0 Å². The molecule has 0 aromatic heterocycles. The zero-order valence-corrected chi connectivity index (χ0v) is 22.2. The van der Waals surface area contributed by atoms with Gasteiger partial charge in [-0.1, -0.05) is 49.2 Å². The van der Waals surface area contributed by atoms with Crippen LogP contribution in [-0.4, -0.2) is 51.3 Å². The normalized spacial score (nSPS) is 16.4. The number of halogens is 2. The molecule has 1 aliphatic heterocycles. The zero-order valence-electron chi connectivity index (χ0n) is 19.9. The van der Waals surface area contributed by atoms with Crippen molar-refractivity contribution in [3.05, 3.63) is 58.1 Å². The number of benzene rings is 2. The van der Waals surface area contributed by atoms with Gasteiger partial charge in [-0.05, 0) is 80.1 Å². The number of carbonyl (C=O) groups excluding carboxylic acids is 1. The summed E-state index contributed by atoms with van der Waals surface area (Å²) >= 11 is 12.2. The lowest BCUT2D eigenvalue weighted by Gasteiger charge is -2.35. The van der Waals surface area contributed by atoms with Crippen LogP contribution in [-0.2, 0) is 16.3 Å². The first kappa shape index (κ1) is 26.8. The van der Waals surface area contributed by atoms with E-state index in [0.717, 1.165) is 45.2 Å². The van der Waals surface area contributed by atoms with Crippen LogP contribution in [0.1, 0.15) is 32.3 Å². The van der Waals surface area contributed by atoms with Gasteiger partial charge in [0.15, 0.2) is 9.84 Å². The van der Waals surface area contributed by atoms with Gasteiger partial charge in [0.1, 0.15) is 0 Å².